The molecular weight excluding hydrogens is 183 g/mol. The Morgan fingerprint density at radius 1 is 1.38 bits per heavy atom. The van der Waals surface area contributed by atoms with Gasteiger partial charge in [-0.15, -0.1) is 0 Å². The largest absolute Gasteiger partial charge is 0.540 e. The van der Waals surface area contributed by atoms with E-state index in [-0.39, 0.29) is 0 Å². The van der Waals surface area contributed by atoms with Crippen LogP contribution in [0.4, 0.5) is 0 Å². The van der Waals surface area contributed by atoms with E-state index in [1.54, 1.807) is 0 Å². The van der Waals surface area contributed by atoms with Crippen molar-refractivity contribution in [3.05, 3.63) is 47.8 Å². The van der Waals surface area contributed by atoms with Crippen LogP contribution in [0.25, 0.3) is 0 Å². The summed E-state index contributed by atoms with van der Waals surface area (Å²) in [5.41, 5.74) is 1.17. The highest BCUT2D eigenvalue weighted by atomic mass is 31.1. The first kappa shape index (κ1) is 10.1. The predicted molar refractivity (Wildman–Crippen MR) is 53.7 cm³/mol. The molecule has 1 aromatic rings. The molecule has 0 aliphatic heterocycles. The maximum Gasteiger partial charge on any atom is 0.540 e. The van der Waals surface area contributed by atoms with E-state index in [0.717, 1.165) is 6.42 Å². The Hall–Kier alpha value is -0.980. The van der Waals surface area contributed by atoms with Gasteiger partial charge in [-0.3, -0.25) is 0 Å². The quantitative estimate of drug-likeness (QED) is 0.750. The molecule has 1 rings (SSSR count). The topological polar surface area (TPSA) is 37.3 Å². The summed E-state index contributed by atoms with van der Waals surface area (Å²) in [6, 6.07) is 9.86. The first-order chi connectivity index (χ1) is 6.20. The Morgan fingerprint density at radius 3 is 2.54 bits per heavy atom. The van der Waals surface area contributed by atoms with Crippen LogP contribution in [-0.2, 0) is 11.0 Å². The molecule has 1 atom stereocenters. The average molecular weight is 195 g/mol. The standard InChI is InChI=1S/C10H11O2P/c1-9(13(11)12)7-8-10-5-3-2-4-6-10/h2-6H,1,7-8H2/p+1. The van der Waals surface area contributed by atoms with Crippen molar-refractivity contribution < 1.29 is 9.46 Å². The molecule has 0 saturated carbocycles. The van der Waals surface area contributed by atoms with Crippen LogP contribution in [0.2, 0.25) is 0 Å². The molecule has 0 aromatic heterocycles. The Morgan fingerprint density at radius 2 is 2.00 bits per heavy atom. The van der Waals surface area contributed by atoms with E-state index in [1.165, 1.54) is 5.56 Å². The van der Waals surface area contributed by atoms with E-state index in [2.05, 4.69) is 6.58 Å². The number of rotatable bonds is 4. The monoisotopic (exact) mass is 195 g/mol. The fraction of sp³-hybridized carbons (Fsp3) is 0.200. The molecule has 0 radical (unpaired) electrons. The molecule has 2 nitrogen and oxygen atoms in total. The first-order valence-corrected chi connectivity index (χ1v) is 5.29. The minimum absolute atomic E-state index is 0.416. The Bertz CT molecular complexity index is 306. The molecule has 0 aliphatic carbocycles. The molecule has 1 unspecified atom stereocenters. The molecule has 0 bridgehead atoms. The van der Waals surface area contributed by atoms with Crippen molar-refractivity contribution in [2.24, 2.45) is 0 Å². The van der Waals surface area contributed by atoms with Crippen LogP contribution in [0.15, 0.2) is 42.2 Å². The lowest BCUT2D eigenvalue weighted by atomic mass is 10.1. The van der Waals surface area contributed by atoms with Crippen LogP contribution in [-0.4, -0.2) is 4.89 Å². The van der Waals surface area contributed by atoms with Gasteiger partial charge in [-0.05, 0) is 23.1 Å². The van der Waals surface area contributed by atoms with Gasteiger partial charge < -0.3 is 0 Å². The summed E-state index contributed by atoms with van der Waals surface area (Å²) in [6.45, 7) is 3.54. The third-order valence-electron chi connectivity index (χ3n) is 1.82. The van der Waals surface area contributed by atoms with Crippen molar-refractivity contribution >= 4 is 8.03 Å². The molecule has 0 spiro atoms. The summed E-state index contributed by atoms with van der Waals surface area (Å²) in [4.78, 5) is 8.71. The Labute approximate surface area is 78.8 Å². The van der Waals surface area contributed by atoms with Gasteiger partial charge in [-0.2, -0.15) is 4.89 Å². The molecular formula is C10H12O2P+. The SMILES string of the molecule is C=C(CCc1ccccc1)[P+](=O)O. The van der Waals surface area contributed by atoms with Crippen LogP contribution >= 0.6 is 8.03 Å². The van der Waals surface area contributed by atoms with Crippen LogP contribution in [0, 0.1) is 0 Å². The van der Waals surface area contributed by atoms with E-state index < -0.39 is 8.03 Å². The molecule has 0 amide bonds. The summed E-state index contributed by atoms with van der Waals surface area (Å²) >= 11 is 0. The van der Waals surface area contributed by atoms with E-state index >= 15 is 0 Å². The maximum atomic E-state index is 10.6. The maximum absolute atomic E-state index is 10.6. The molecule has 0 aliphatic rings. The zero-order valence-electron chi connectivity index (χ0n) is 7.31. The van der Waals surface area contributed by atoms with Crippen molar-refractivity contribution in [1.29, 1.82) is 0 Å². The molecule has 1 N–H and O–H groups in total. The van der Waals surface area contributed by atoms with E-state index in [9.17, 15) is 4.57 Å². The summed E-state index contributed by atoms with van der Waals surface area (Å²) in [5.74, 6) is 0. The van der Waals surface area contributed by atoms with Crippen molar-refractivity contribution in [3.63, 3.8) is 0 Å². The molecule has 0 heterocycles. The Balaban J connectivity index is 2.44. The molecule has 13 heavy (non-hydrogen) atoms. The second-order valence-electron chi connectivity index (χ2n) is 2.82. The van der Waals surface area contributed by atoms with Crippen molar-refractivity contribution in [2.75, 3.05) is 0 Å². The van der Waals surface area contributed by atoms with Gasteiger partial charge >= 0.3 is 8.03 Å². The Kier molecular flexibility index (Phi) is 3.81. The second-order valence-corrected chi connectivity index (χ2v) is 4.00. The highest BCUT2D eigenvalue weighted by Gasteiger charge is 2.16. The smallest absolute Gasteiger partial charge is 0.156 e. The van der Waals surface area contributed by atoms with Gasteiger partial charge in [0.1, 0.15) is 0 Å². The van der Waals surface area contributed by atoms with Gasteiger partial charge in [0.05, 0.1) is 0 Å². The van der Waals surface area contributed by atoms with E-state index in [4.69, 9.17) is 4.89 Å². The zero-order valence-corrected chi connectivity index (χ0v) is 8.21. The molecule has 1 aromatic carbocycles. The fourth-order valence-electron chi connectivity index (χ4n) is 1.03. The fourth-order valence-corrected chi connectivity index (χ4v) is 1.33. The summed E-state index contributed by atoms with van der Waals surface area (Å²) in [7, 11) is -2.20. The number of benzene rings is 1. The van der Waals surface area contributed by atoms with Crippen LogP contribution in [0.5, 0.6) is 0 Å². The van der Waals surface area contributed by atoms with Crippen molar-refractivity contribution in [2.45, 2.75) is 12.8 Å². The number of allylic oxidation sites excluding steroid dienone is 1. The lowest BCUT2D eigenvalue weighted by Gasteiger charge is -1.95. The summed E-state index contributed by atoms with van der Waals surface area (Å²) < 4.78 is 10.6. The third-order valence-corrected chi connectivity index (χ3v) is 2.58. The van der Waals surface area contributed by atoms with E-state index in [1.807, 2.05) is 30.3 Å². The normalized spacial score (nSPS) is 11.0. The van der Waals surface area contributed by atoms with Gasteiger partial charge in [0.25, 0.3) is 0 Å². The van der Waals surface area contributed by atoms with Crippen LogP contribution in [0.1, 0.15) is 12.0 Å². The minimum Gasteiger partial charge on any atom is -0.156 e. The summed E-state index contributed by atoms with van der Waals surface area (Å²) in [6.07, 6.45) is 1.36. The van der Waals surface area contributed by atoms with Gasteiger partial charge in [0.2, 0.25) is 0 Å². The van der Waals surface area contributed by atoms with Gasteiger partial charge in [0, 0.05) is 6.42 Å². The van der Waals surface area contributed by atoms with Crippen LogP contribution < -0.4 is 0 Å². The van der Waals surface area contributed by atoms with Gasteiger partial charge in [0.15, 0.2) is 5.31 Å². The lowest BCUT2D eigenvalue weighted by Crippen LogP contribution is -1.84. The molecule has 68 valence electrons. The van der Waals surface area contributed by atoms with Crippen molar-refractivity contribution in [1.82, 2.24) is 0 Å². The average Bonchev–Trinajstić information content (AvgIpc) is 2.15. The highest BCUT2D eigenvalue weighted by Crippen LogP contribution is 2.28. The third kappa shape index (κ3) is 3.49. The van der Waals surface area contributed by atoms with E-state index in [0.29, 0.717) is 11.7 Å². The number of hydrogen-bond acceptors (Lipinski definition) is 1. The molecule has 0 saturated heterocycles. The second kappa shape index (κ2) is 4.90. The van der Waals surface area contributed by atoms with Gasteiger partial charge in [-0.1, -0.05) is 30.3 Å². The predicted octanol–water partition coefficient (Wildman–Crippen LogP) is 2.87. The van der Waals surface area contributed by atoms with Gasteiger partial charge in [-0.25, -0.2) is 0 Å². The number of aryl methyl sites for hydroxylation is 1. The molecule has 0 fully saturated rings. The zero-order chi connectivity index (χ0) is 9.68. The highest BCUT2D eigenvalue weighted by molar-refractivity contribution is 7.43. The lowest BCUT2D eigenvalue weighted by molar-refractivity contribution is 0.508. The minimum atomic E-state index is -2.20. The molecule has 3 heteroatoms. The van der Waals surface area contributed by atoms with Crippen LogP contribution in [0.3, 0.4) is 0 Å². The summed E-state index contributed by atoms with van der Waals surface area (Å²) in [5, 5.41) is 0.416. The van der Waals surface area contributed by atoms with Crippen molar-refractivity contribution in [3.8, 4) is 0 Å². The number of hydrogen-bond donors (Lipinski definition) is 1. The first-order valence-electron chi connectivity index (χ1n) is 4.08.